The molecule has 19 heavy (non-hydrogen) atoms. The zero-order chi connectivity index (χ0) is 14.3. The van der Waals surface area contributed by atoms with Gasteiger partial charge in [0, 0.05) is 6.42 Å². The molecule has 0 aromatic heterocycles. The van der Waals surface area contributed by atoms with Gasteiger partial charge in [-0.3, -0.25) is 4.79 Å². The Labute approximate surface area is 120 Å². The third-order valence-electron chi connectivity index (χ3n) is 2.33. The van der Waals surface area contributed by atoms with E-state index in [0.29, 0.717) is 25.5 Å². The molecule has 0 unspecified atom stereocenters. The molecule has 0 aliphatic carbocycles. The van der Waals surface area contributed by atoms with Crippen molar-refractivity contribution in [1.82, 2.24) is 0 Å². The number of aryl methyl sites for hydroxylation is 1. The molecule has 2 nitrogen and oxygen atoms in total. The van der Waals surface area contributed by atoms with Crippen LogP contribution in [0, 0.1) is 0 Å². The highest BCUT2D eigenvalue weighted by atomic mass is 16.5. The minimum atomic E-state index is -0.0940. The number of hydrogen-bond donors (Lipinski definition) is 0. The minimum absolute atomic E-state index is 0.0940. The van der Waals surface area contributed by atoms with Crippen LogP contribution < -0.4 is 0 Å². The van der Waals surface area contributed by atoms with Gasteiger partial charge in [-0.2, -0.15) is 0 Å². The summed E-state index contributed by atoms with van der Waals surface area (Å²) in [5.41, 5.74) is 1.27. The highest BCUT2D eigenvalue weighted by Gasteiger charge is 2.00. The van der Waals surface area contributed by atoms with Crippen LogP contribution in [-0.2, 0) is 16.0 Å². The van der Waals surface area contributed by atoms with Gasteiger partial charge < -0.3 is 4.74 Å². The number of carbonyl (C=O) groups is 1. The summed E-state index contributed by atoms with van der Waals surface area (Å²) in [5, 5.41) is 0. The van der Waals surface area contributed by atoms with E-state index >= 15 is 0 Å². The monoisotopic (exact) mass is 253 g/mol. The van der Waals surface area contributed by atoms with Crippen molar-refractivity contribution in [3.05, 3.63) is 35.9 Å². The predicted octanol–water partition coefficient (Wildman–Crippen LogP) is 2.35. The van der Waals surface area contributed by atoms with E-state index in [1.54, 1.807) is 7.28 Å². The first-order chi connectivity index (χ1) is 9.24. The Bertz CT molecular complexity index is 316. The van der Waals surface area contributed by atoms with Gasteiger partial charge >= 0.3 is 5.97 Å². The second-order valence-electron chi connectivity index (χ2n) is 3.90. The molecule has 5 radical (unpaired) electrons. The van der Waals surface area contributed by atoms with Crippen LogP contribution in [0.15, 0.2) is 30.3 Å². The SMILES string of the molecule is CCOC(=O)CCCc1ccccc1.[B]C[B]C[B]. The molecule has 0 fully saturated rings. The van der Waals surface area contributed by atoms with Crippen LogP contribution in [-0.4, -0.2) is 35.5 Å². The molecular formula is C14H20B3O2. The third kappa shape index (κ3) is 11.7. The average Bonchev–Trinajstić information content (AvgIpc) is 2.42. The molecule has 0 saturated carbocycles. The standard InChI is InChI=1S/C12H16O2.C2H4B3/c1-2-14-12(13)10-6-9-11-7-4-3-5-8-11;3-1-5-2-4/h3-5,7-8H,2,6,9-10H2,1H3;1-2H2. The number of benzene rings is 1. The summed E-state index contributed by atoms with van der Waals surface area (Å²) in [6.07, 6.45) is 3.51. The number of carbonyl (C=O) groups excluding carboxylic acids is 1. The smallest absolute Gasteiger partial charge is 0.305 e. The summed E-state index contributed by atoms with van der Waals surface area (Å²) in [6, 6.07) is 10.2. The fourth-order valence-electron chi connectivity index (χ4n) is 1.41. The molecule has 0 aliphatic heterocycles. The summed E-state index contributed by atoms with van der Waals surface area (Å²) < 4.78 is 4.84. The lowest BCUT2D eigenvalue weighted by molar-refractivity contribution is -0.143. The zero-order valence-corrected chi connectivity index (χ0v) is 11.7. The van der Waals surface area contributed by atoms with E-state index in [1.807, 2.05) is 25.1 Å². The van der Waals surface area contributed by atoms with E-state index in [0.717, 1.165) is 12.8 Å². The molecule has 0 N–H and O–H groups in total. The Morgan fingerprint density at radius 3 is 2.32 bits per heavy atom. The van der Waals surface area contributed by atoms with Gasteiger partial charge in [-0.05, 0) is 25.3 Å². The maximum absolute atomic E-state index is 11.0. The Morgan fingerprint density at radius 1 is 1.21 bits per heavy atom. The normalized spacial score (nSPS) is 9.11. The highest BCUT2D eigenvalue weighted by molar-refractivity contribution is 6.54. The Hall–Kier alpha value is -1.12. The van der Waals surface area contributed by atoms with E-state index < -0.39 is 0 Å². The van der Waals surface area contributed by atoms with E-state index in [9.17, 15) is 4.79 Å². The van der Waals surface area contributed by atoms with Crippen molar-refractivity contribution in [2.45, 2.75) is 38.6 Å². The number of ether oxygens (including phenoxy) is 1. The van der Waals surface area contributed by atoms with Crippen molar-refractivity contribution in [1.29, 1.82) is 0 Å². The van der Waals surface area contributed by atoms with Gasteiger partial charge in [-0.15, -0.1) is 12.4 Å². The number of hydrogen-bond acceptors (Lipinski definition) is 2. The number of esters is 1. The molecule has 0 aliphatic rings. The number of rotatable bonds is 7. The van der Waals surface area contributed by atoms with Gasteiger partial charge in [0.15, 0.2) is 0 Å². The first kappa shape index (κ1) is 17.9. The second kappa shape index (κ2) is 13.3. The van der Waals surface area contributed by atoms with Gasteiger partial charge in [0.25, 0.3) is 0 Å². The van der Waals surface area contributed by atoms with Gasteiger partial charge in [-0.25, -0.2) is 0 Å². The van der Waals surface area contributed by atoms with Crippen LogP contribution in [0.5, 0.6) is 0 Å². The molecule has 0 atom stereocenters. The van der Waals surface area contributed by atoms with Crippen molar-refractivity contribution in [3.8, 4) is 0 Å². The molecule has 0 saturated heterocycles. The van der Waals surface area contributed by atoms with Crippen LogP contribution in [0.2, 0.25) is 12.4 Å². The van der Waals surface area contributed by atoms with Crippen LogP contribution in [0.4, 0.5) is 0 Å². The molecule has 0 bridgehead atoms. The minimum Gasteiger partial charge on any atom is -0.466 e. The molecular weight excluding hydrogens is 233 g/mol. The topological polar surface area (TPSA) is 26.3 Å². The first-order valence-electron chi connectivity index (χ1n) is 6.65. The van der Waals surface area contributed by atoms with Gasteiger partial charge in [0.2, 0.25) is 0 Å². The lowest BCUT2D eigenvalue weighted by Crippen LogP contribution is -2.03. The summed E-state index contributed by atoms with van der Waals surface area (Å²) in [6.45, 7) is 2.30. The summed E-state index contributed by atoms with van der Waals surface area (Å²) in [7, 11) is 11.8. The fraction of sp³-hybridized carbons (Fsp3) is 0.500. The third-order valence-corrected chi connectivity index (χ3v) is 2.33. The second-order valence-corrected chi connectivity index (χ2v) is 3.90. The van der Waals surface area contributed by atoms with Crippen molar-refractivity contribution in [2.75, 3.05) is 6.61 Å². The first-order valence-corrected chi connectivity index (χ1v) is 6.65. The molecule has 1 aromatic rings. The van der Waals surface area contributed by atoms with E-state index in [-0.39, 0.29) is 5.97 Å². The van der Waals surface area contributed by atoms with E-state index in [2.05, 4.69) is 12.1 Å². The molecule has 1 rings (SSSR count). The van der Waals surface area contributed by atoms with Gasteiger partial charge in [0.05, 0.1) is 29.6 Å². The molecule has 0 heterocycles. The maximum Gasteiger partial charge on any atom is 0.305 e. The van der Waals surface area contributed by atoms with Crippen LogP contribution >= 0.6 is 0 Å². The lowest BCUT2D eigenvalue weighted by Gasteiger charge is -2.01. The Balaban J connectivity index is 0.000000555. The largest absolute Gasteiger partial charge is 0.466 e. The molecule has 97 valence electrons. The van der Waals surface area contributed by atoms with Crippen LogP contribution in [0.3, 0.4) is 0 Å². The van der Waals surface area contributed by atoms with Crippen molar-refractivity contribution in [2.24, 2.45) is 0 Å². The quantitative estimate of drug-likeness (QED) is 0.550. The van der Waals surface area contributed by atoms with E-state index in [4.69, 9.17) is 20.4 Å². The van der Waals surface area contributed by atoms with Crippen LogP contribution in [0.1, 0.15) is 25.3 Å². The molecule has 1 aromatic carbocycles. The van der Waals surface area contributed by atoms with E-state index in [1.165, 1.54) is 5.56 Å². The van der Waals surface area contributed by atoms with Crippen LogP contribution in [0.25, 0.3) is 0 Å². The average molecular weight is 253 g/mol. The van der Waals surface area contributed by atoms with Crippen molar-refractivity contribution in [3.63, 3.8) is 0 Å². The van der Waals surface area contributed by atoms with Crippen molar-refractivity contribution < 1.29 is 9.53 Å². The summed E-state index contributed by atoms with van der Waals surface area (Å²) in [4.78, 5) is 11.0. The Kier molecular flexibility index (Phi) is 12.5. The lowest BCUT2D eigenvalue weighted by atomic mass is 9.58. The molecule has 0 spiro atoms. The highest BCUT2D eigenvalue weighted by Crippen LogP contribution is 2.04. The predicted molar refractivity (Wildman–Crippen MR) is 82.9 cm³/mol. The van der Waals surface area contributed by atoms with Gasteiger partial charge in [-0.1, -0.05) is 30.3 Å². The van der Waals surface area contributed by atoms with Crippen molar-refractivity contribution >= 4 is 28.9 Å². The van der Waals surface area contributed by atoms with Gasteiger partial charge in [0.1, 0.15) is 0 Å². The summed E-state index contributed by atoms with van der Waals surface area (Å²) >= 11 is 0. The zero-order valence-electron chi connectivity index (χ0n) is 11.7. The molecule has 5 heteroatoms. The maximum atomic E-state index is 11.0. The molecule has 0 amide bonds. The summed E-state index contributed by atoms with van der Waals surface area (Å²) in [5.74, 6) is -0.0940. The fourth-order valence-corrected chi connectivity index (χ4v) is 1.41. The Morgan fingerprint density at radius 2 is 1.84 bits per heavy atom.